The van der Waals surface area contributed by atoms with Gasteiger partial charge in [-0.05, 0) is 25.3 Å². The lowest BCUT2D eigenvalue weighted by atomic mass is 10.1. The van der Waals surface area contributed by atoms with E-state index in [4.69, 9.17) is 5.73 Å². The van der Waals surface area contributed by atoms with E-state index < -0.39 is 6.04 Å². The van der Waals surface area contributed by atoms with Gasteiger partial charge in [-0.1, -0.05) is 37.6 Å². The van der Waals surface area contributed by atoms with Crippen molar-refractivity contribution in [1.82, 2.24) is 4.98 Å². The van der Waals surface area contributed by atoms with Gasteiger partial charge < -0.3 is 11.1 Å². The summed E-state index contributed by atoms with van der Waals surface area (Å²) < 4.78 is 0. The minimum absolute atomic E-state index is 0.217. The molecule has 4 nitrogen and oxygen atoms in total. The van der Waals surface area contributed by atoms with Crippen LogP contribution in [0.1, 0.15) is 32.3 Å². The molecule has 1 aromatic carbocycles. The number of unbranched alkanes of at least 4 members (excludes halogenated alkanes) is 1. The van der Waals surface area contributed by atoms with Crippen molar-refractivity contribution >= 4 is 22.4 Å². The van der Waals surface area contributed by atoms with E-state index in [1.54, 1.807) is 6.92 Å². The Balaban J connectivity index is 2.05. The van der Waals surface area contributed by atoms with E-state index in [-0.39, 0.29) is 5.91 Å². The van der Waals surface area contributed by atoms with E-state index in [9.17, 15) is 4.79 Å². The van der Waals surface area contributed by atoms with Gasteiger partial charge in [-0.25, -0.2) is 4.98 Å². The highest BCUT2D eigenvalue weighted by Gasteiger charge is 2.11. The SMILES string of the molecule is CCCCc1ccc(-c2csc(NC(=O)[C@H](C)N)n2)cc1. The average Bonchev–Trinajstić information content (AvgIpc) is 2.94. The second-order valence-electron chi connectivity index (χ2n) is 5.12. The van der Waals surface area contributed by atoms with Crippen LogP contribution in [0.25, 0.3) is 11.3 Å². The molecule has 112 valence electrons. The summed E-state index contributed by atoms with van der Waals surface area (Å²) >= 11 is 1.41. The van der Waals surface area contributed by atoms with E-state index in [2.05, 4.69) is 41.5 Å². The van der Waals surface area contributed by atoms with Gasteiger partial charge in [-0.3, -0.25) is 4.79 Å². The summed E-state index contributed by atoms with van der Waals surface area (Å²) in [5.41, 5.74) is 8.81. The minimum Gasteiger partial charge on any atom is -0.320 e. The number of benzene rings is 1. The molecule has 0 saturated heterocycles. The fourth-order valence-electron chi connectivity index (χ4n) is 1.91. The Bertz CT molecular complexity index is 590. The molecule has 0 fully saturated rings. The molecule has 0 radical (unpaired) electrons. The summed E-state index contributed by atoms with van der Waals surface area (Å²) in [6, 6.07) is 7.92. The number of carbonyl (C=O) groups excluding carboxylic acids is 1. The predicted molar refractivity (Wildman–Crippen MR) is 88.4 cm³/mol. The van der Waals surface area contributed by atoms with Crippen LogP contribution in [0.5, 0.6) is 0 Å². The Morgan fingerprint density at radius 2 is 2.10 bits per heavy atom. The second-order valence-corrected chi connectivity index (χ2v) is 5.97. The van der Waals surface area contributed by atoms with Crippen LogP contribution in [0.15, 0.2) is 29.6 Å². The molecule has 5 heteroatoms. The third-order valence-electron chi connectivity index (χ3n) is 3.22. The first-order valence-corrected chi connectivity index (χ1v) is 8.09. The summed E-state index contributed by atoms with van der Waals surface area (Å²) in [6.07, 6.45) is 3.53. The number of carbonyl (C=O) groups is 1. The Kier molecular flexibility index (Phi) is 5.47. The number of rotatable bonds is 6. The van der Waals surface area contributed by atoms with Crippen molar-refractivity contribution in [3.8, 4) is 11.3 Å². The Morgan fingerprint density at radius 1 is 1.38 bits per heavy atom. The van der Waals surface area contributed by atoms with Crippen molar-refractivity contribution in [2.45, 2.75) is 39.2 Å². The third kappa shape index (κ3) is 4.37. The number of aromatic nitrogens is 1. The van der Waals surface area contributed by atoms with Gasteiger partial charge in [0, 0.05) is 10.9 Å². The van der Waals surface area contributed by atoms with Crippen LogP contribution in [0.3, 0.4) is 0 Å². The molecule has 0 aliphatic heterocycles. The largest absolute Gasteiger partial charge is 0.320 e. The third-order valence-corrected chi connectivity index (χ3v) is 3.97. The molecule has 3 N–H and O–H groups in total. The summed E-state index contributed by atoms with van der Waals surface area (Å²) in [7, 11) is 0. The van der Waals surface area contributed by atoms with E-state index in [0.29, 0.717) is 5.13 Å². The number of hydrogen-bond donors (Lipinski definition) is 2. The topological polar surface area (TPSA) is 68.0 Å². The van der Waals surface area contributed by atoms with Crippen molar-refractivity contribution in [1.29, 1.82) is 0 Å². The maximum atomic E-state index is 11.5. The van der Waals surface area contributed by atoms with Gasteiger partial charge >= 0.3 is 0 Å². The van der Waals surface area contributed by atoms with Crippen molar-refractivity contribution in [3.05, 3.63) is 35.2 Å². The Hall–Kier alpha value is -1.72. The lowest BCUT2D eigenvalue weighted by molar-refractivity contribution is -0.117. The molecule has 0 bridgehead atoms. The highest BCUT2D eigenvalue weighted by molar-refractivity contribution is 7.14. The van der Waals surface area contributed by atoms with Crippen molar-refractivity contribution < 1.29 is 4.79 Å². The first-order valence-electron chi connectivity index (χ1n) is 7.21. The zero-order chi connectivity index (χ0) is 15.2. The summed E-state index contributed by atoms with van der Waals surface area (Å²) in [6.45, 7) is 3.85. The minimum atomic E-state index is -0.532. The normalized spacial score (nSPS) is 12.1. The number of nitrogens with two attached hydrogens (primary N) is 1. The zero-order valence-corrected chi connectivity index (χ0v) is 13.2. The number of hydrogen-bond acceptors (Lipinski definition) is 4. The van der Waals surface area contributed by atoms with Gasteiger partial charge in [-0.15, -0.1) is 11.3 Å². The van der Waals surface area contributed by atoms with E-state index in [1.807, 2.05) is 5.38 Å². The molecule has 0 spiro atoms. The number of anilines is 1. The predicted octanol–water partition coefficient (Wildman–Crippen LogP) is 3.44. The van der Waals surface area contributed by atoms with E-state index in [1.165, 1.54) is 29.7 Å². The number of amides is 1. The molecule has 0 aliphatic rings. The van der Waals surface area contributed by atoms with E-state index in [0.717, 1.165) is 17.7 Å². The standard InChI is InChI=1S/C16H21N3OS/c1-3-4-5-12-6-8-13(9-7-12)14-10-21-16(18-14)19-15(20)11(2)17/h6-11H,3-5,17H2,1-2H3,(H,18,19,20)/t11-/m0/s1. The molecule has 1 aromatic heterocycles. The fourth-order valence-corrected chi connectivity index (χ4v) is 2.63. The summed E-state index contributed by atoms with van der Waals surface area (Å²) in [4.78, 5) is 16.0. The summed E-state index contributed by atoms with van der Waals surface area (Å²) in [5, 5.41) is 5.24. The maximum absolute atomic E-state index is 11.5. The number of thiazole rings is 1. The van der Waals surface area contributed by atoms with Crippen LogP contribution in [-0.4, -0.2) is 16.9 Å². The van der Waals surface area contributed by atoms with E-state index >= 15 is 0 Å². The van der Waals surface area contributed by atoms with Gasteiger partial charge in [0.05, 0.1) is 11.7 Å². The van der Waals surface area contributed by atoms with Crippen molar-refractivity contribution in [2.75, 3.05) is 5.32 Å². The Morgan fingerprint density at radius 3 is 2.71 bits per heavy atom. The van der Waals surface area contributed by atoms with Gasteiger partial charge in [-0.2, -0.15) is 0 Å². The molecule has 2 aromatic rings. The number of nitrogens with one attached hydrogen (secondary N) is 1. The molecule has 1 amide bonds. The Labute approximate surface area is 129 Å². The first kappa shape index (κ1) is 15.7. The number of aryl methyl sites for hydroxylation is 1. The average molecular weight is 303 g/mol. The van der Waals surface area contributed by atoms with Gasteiger partial charge in [0.2, 0.25) is 5.91 Å². The van der Waals surface area contributed by atoms with Crippen LogP contribution in [0, 0.1) is 0 Å². The van der Waals surface area contributed by atoms with Gasteiger partial charge in [0.1, 0.15) is 0 Å². The number of nitrogens with zero attached hydrogens (tertiary/aromatic N) is 1. The molecule has 1 atom stereocenters. The smallest absolute Gasteiger partial charge is 0.242 e. The quantitative estimate of drug-likeness (QED) is 0.859. The van der Waals surface area contributed by atoms with Crippen LogP contribution in [0.2, 0.25) is 0 Å². The van der Waals surface area contributed by atoms with Crippen LogP contribution >= 0.6 is 11.3 Å². The monoisotopic (exact) mass is 303 g/mol. The van der Waals surface area contributed by atoms with Crippen LogP contribution in [-0.2, 0) is 11.2 Å². The highest BCUT2D eigenvalue weighted by atomic mass is 32.1. The molecule has 21 heavy (non-hydrogen) atoms. The molecule has 0 unspecified atom stereocenters. The highest BCUT2D eigenvalue weighted by Crippen LogP contribution is 2.25. The van der Waals surface area contributed by atoms with Crippen molar-refractivity contribution in [2.24, 2.45) is 5.73 Å². The van der Waals surface area contributed by atoms with Gasteiger partial charge in [0.25, 0.3) is 0 Å². The first-order chi connectivity index (χ1) is 10.1. The summed E-state index contributed by atoms with van der Waals surface area (Å²) in [5.74, 6) is -0.217. The molecular formula is C16H21N3OS. The molecule has 2 rings (SSSR count). The lowest BCUT2D eigenvalue weighted by Crippen LogP contribution is -2.32. The zero-order valence-electron chi connectivity index (χ0n) is 12.4. The molecule has 0 saturated carbocycles. The second kappa shape index (κ2) is 7.33. The maximum Gasteiger partial charge on any atom is 0.242 e. The lowest BCUT2D eigenvalue weighted by Gasteiger charge is -2.04. The van der Waals surface area contributed by atoms with Gasteiger partial charge in [0.15, 0.2) is 5.13 Å². The van der Waals surface area contributed by atoms with Crippen LogP contribution < -0.4 is 11.1 Å². The van der Waals surface area contributed by atoms with Crippen LogP contribution in [0.4, 0.5) is 5.13 Å². The van der Waals surface area contributed by atoms with Crippen molar-refractivity contribution in [3.63, 3.8) is 0 Å². The fraction of sp³-hybridized carbons (Fsp3) is 0.375. The molecule has 1 heterocycles. The molecule has 0 aliphatic carbocycles. The molecular weight excluding hydrogens is 282 g/mol.